The van der Waals surface area contributed by atoms with Gasteiger partial charge in [0.05, 0.1) is 22.4 Å². The van der Waals surface area contributed by atoms with Gasteiger partial charge in [-0.15, -0.1) is 0 Å². The summed E-state index contributed by atoms with van der Waals surface area (Å²) in [6.07, 6.45) is 10.4. The lowest BCUT2D eigenvalue weighted by molar-refractivity contribution is 0.361. The first-order valence-corrected chi connectivity index (χ1v) is 22.2. The van der Waals surface area contributed by atoms with Crippen molar-refractivity contribution in [2.75, 3.05) is 56.4 Å². The number of rotatable bonds is 18. The number of hydrogen-bond donors (Lipinski definition) is 8. The monoisotopic (exact) mass is 872 g/mol. The Kier molecular flexibility index (Phi) is 15.8. The predicted molar refractivity (Wildman–Crippen MR) is 245 cm³/mol. The van der Waals surface area contributed by atoms with Crippen LogP contribution in [-0.4, -0.2) is 91.4 Å². The van der Waals surface area contributed by atoms with E-state index in [2.05, 4.69) is 62.3 Å². The average Bonchev–Trinajstić information content (AvgIpc) is 4.03. The van der Waals surface area contributed by atoms with Gasteiger partial charge in [0.15, 0.2) is 11.6 Å². The molecule has 2 aliphatic heterocycles. The van der Waals surface area contributed by atoms with E-state index in [4.69, 9.17) is 23.2 Å². The Morgan fingerprint density at radius 2 is 1.21 bits per heavy atom. The molecule has 8 rings (SSSR count). The third-order valence-electron chi connectivity index (χ3n) is 11.6. The minimum atomic E-state index is -0.0741. The van der Waals surface area contributed by atoms with Crippen molar-refractivity contribution in [1.29, 1.82) is 0 Å². The van der Waals surface area contributed by atoms with Gasteiger partial charge in [-0.25, -0.2) is 9.97 Å². The summed E-state index contributed by atoms with van der Waals surface area (Å²) in [5, 5.41) is 38.2. The minimum Gasteiger partial charge on any atom is -0.365 e. The van der Waals surface area contributed by atoms with Crippen LogP contribution in [0.4, 0.5) is 11.6 Å². The van der Waals surface area contributed by atoms with Crippen LogP contribution in [0, 0.1) is 19.8 Å². The number of hydrogen-bond acceptors (Lipinski definition) is 12. The molecule has 4 aromatic heterocycles. The molecule has 0 spiro atoms. The number of benzene rings is 2. The normalized spacial score (nSPS) is 15.6. The van der Waals surface area contributed by atoms with Crippen molar-refractivity contribution < 1.29 is 0 Å². The summed E-state index contributed by atoms with van der Waals surface area (Å²) in [7, 11) is 0. The zero-order valence-corrected chi connectivity index (χ0v) is 36.6. The standard InChI is InChI=1S/C22H30ClN7O.C21H28ClN7O/c1-15-13-27-21(26-9-6-16-4-7-24-8-5-16)22(31)30(15)11-10-25-14-20-18-12-17(23)2-3-19(18)28-29-20;1-14-12-26-20(25-8-6-16-3-2-7-24-16)21(30)29(14)10-9-23-13-19-17-11-15(22)4-5-18(17)27-28-19/h2-3,12-13,16,24-25H,4-11,14H2,1H3,(H,26,27)(H,28,29);4-5,11-12,16,23-24H,2-3,6-10,13H2,1H3,(H,25,26)(H,27,28). The molecule has 0 amide bonds. The van der Waals surface area contributed by atoms with Gasteiger partial charge in [-0.3, -0.25) is 19.8 Å². The van der Waals surface area contributed by atoms with Gasteiger partial charge in [-0.1, -0.05) is 23.2 Å². The van der Waals surface area contributed by atoms with E-state index in [0.29, 0.717) is 67.0 Å². The molecule has 61 heavy (non-hydrogen) atoms. The first kappa shape index (κ1) is 44.2. The molecule has 0 radical (unpaired) electrons. The van der Waals surface area contributed by atoms with Gasteiger partial charge in [0.2, 0.25) is 0 Å². The zero-order chi connectivity index (χ0) is 42.6. The summed E-state index contributed by atoms with van der Waals surface area (Å²) >= 11 is 12.2. The molecule has 1 atom stereocenters. The number of halogens is 2. The quantitative estimate of drug-likeness (QED) is 0.0533. The van der Waals surface area contributed by atoms with Crippen LogP contribution < -0.4 is 43.0 Å². The molecule has 16 nitrogen and oxygen atoms in total. The maximum absolute atomic E-state index is 12.9. The van der Waals surface area contributed by atoms with Crippen molar-refractivity contribution >= 4 is 56.6 Å². The van der Waals surface area contributed by atoms with Crippen molar-refractivity contribution in [2.45, 2.75) is 84.6 Å². The summed E-state index contributed by atoms with van der Waals surface area (Å²) in [4.78, 5) is 34.3. The van der Waals surface area contributed by atoms with E-state index in [0.717, 1.165) is 96.1 Å². The summed E-state index contributed by atoms with van der Waals surface area (Å²) < 4.78 is 3.53. The Morgan fingerprint density at radius 1 is 0.689 bits per heavy atom. The average molecular weight is 874 g/mol. The van der Waals surface area contributed by atoms with Crippen LogP contribution in [-0.2, 0) is 26.2 Å². The van der Waals surface area contributed by atoms with E-state index in [1.807, 2.05) is 50.2 Å². The fraction of sp³-hybridized carbons (Fsp3) is 0.488. The van der Waals surface area contributed by atoms with Crippen LogP contribution in [0.25, 0.3) is 21.8 Å². The number of nitrogens with one attached hydrogen (secondary N) is 8. The largest absolute Gasteiger partial charge is 0.365 e. The van der Waals surface area contributed by atoms with E-state index in [1.54, 1.807) is 21.5 Å². The summed E-state index contributed by atoms with van der Waals surface area (Å²) in [5.41, 5.74) is 5.31. The molecule has 2 aliphatic rings. The second kappa shape index (κ2) is 21.8. The third-order valence-corrected chi connectivity index (χ3v) is 12.0. The van der Waals surface area contributed by atoms with Crippen molar-refractivity contribution in [3.63, 3.8) is 0 Å². The molecule has 0 saturated carbocycles. The van der Waals surface area contributed by atoms with Crippen LogP contribution in [0.15, 0.2) is 58.4 Å². The van der Waals surface area contributed by atoms with Crippen LogP contribution in [0.5, 0.6) is 0 Å². The van der Waals surface area contributed by atoms with Crippen molar-refractivity contribution in [1.82, 2.24) is 60.8 Å². The third kappa shape index (κ3) is 12.0. The molecule has 18 heteroatoms. The lowest BCUT2D eigenvalue weighted by Gasteiger charge is -2.22. The van der Waals surface area contributed by atoms with E-state index < -0.39 is 0 Å². The summed E-state index contributed by atoms with van der Waals surface area (Å²) in [6.45, 7) is 12.3. The molecular formula is C43H58Cl2N14O2. The minimum absolute atomic E-state index is 0.0640. The number of anilines is 2. The summed E-state index contributed by atoms with van der Waals surface area (Å²) in [6, 6.07) is 11.8. The van der Waals surface area contributed by atoms with Gasteiger partial charge in [0, 0.05) is 103 Å². The molecule has 2 aromatic carbocycles. The maximum atomic E-state index is 12.9. The fourth-order valence-corrected chi connectivity index (χ4v) is 8.37. The Labute approximate surface area is 365 Å². The molecule has 8 N–H and O–H groups in total. The Morgan fingerprint density at radius 3 is 1.72 bits per heavy atom. The number of aromatic amines is 2. The highest BCUT2D eigenvalue weighted by Gasteiger charge is 2.16. The number of fused-ring (bicyclic) bond motifs is 2. The first-order chi connectivity index (χ1) is 29.7. The fourth-order valence-electron chi connectivity index (χ4n) is 8.02. The SMILES string of the molecule is Cc1cnc(NCCC2CCCN2)c(=O)n1CCNCc1[nH]nc2ccc(Cl)cc12.Cc1cnc(NCCC2CCNCC2)c(=O)n1CCNCc1[nH]nc2ccc(Cl)cc12. The van der Waals surface area contributed by atoms with Crippen LogP contribution in [0.2, 0.25) is 10.0 Å². The molecule has 6 aromatic rings. The highest BCUT2D eigenvalue weighted by Crippen LogP contribution is 2.22. The van der Waals surface area contributed by atoms with Crippen molar-refractivity contribution in [3.05, 3.63) is 102 Å². The van der Waals surface area contributed by atoms with E-state index >= 15 is 0 Å². The topological polar surface area (TPSA) is 199 Å². The summed E-state index contributed by atoms with van der Waals surface area (Å²) in [5.74, 6) is 1.58. The van der Waals surface area contributed by atoms with Gasteiger partial charge < -0.3 is 41.0 Å². The predicted octanol–water partition coefficient (Wildman–Crippen LogP) is 5.10. The lowest BCUT2D eigenvalue weighted by Crippen LogP contribution is -2.32. The van der Waals surface area contributed by atoms with Gasteiger partial charge in [0.25, 0.3) is 11.1 Å². The highest BCUT2D eigenvalue weighted by molar-refractivity contribution is 6.31. The molecule has 326 valence electrons. The Bertz CT molecular complexity index is 2470. The molecule has 2 fully saturated rings. The maximum Gasteiger partial charge on any atom is 0.293 e. The van der Waals surface area contributed by atoms with Crippen LogP contribution in [0.1, 0.15) is 61.3 Å². The molecule has 6 heterocycles. The number of aromatic nitrogens is 8. The molecule has 1 unspecified atom stereocenters. The van der Waals surface area contributed by atoms with E-state index in [9.17, 15) is 9.59 Å². The molecule has 0 bridgehead atoms. The number of H-pyrrole nitrogens is 2. The van der Waals surface area contributed by atoms with Crippen molar-refractivity contribution in [2.24, 2.45) is 5.92 Å². The zero-order valence-electron chi connectivity index (χ0n) is 35.1. The Balaban J connectivity index is 0.000000184. The van der Waals surface area contributed by atoms with Crippen molar-refractivity contribution in [3.8, 4) is 0 Å². The lowest BCUT2D eigenvalue weighted by atomic mass is 9.95. The van der Waals surface area contributed by atoms with E-state index in [1.165, 1.54) is 25.7 Å². The molecular weight excluding hydrogens is 815 g/mol. The smallest absolute Gasteiger partial charge is 0.293 e. The second-order valence-electron chi connectivity index (χ2n) is 15.9. The highest BCUT2D eigenvalue weighted by atomic mass is 35.5. The number of aryl methyl sites for hydroxylation is 2. The van der Waals surface area contributed by atoms with Gasteiger partial charge >= 0.3 is 0 Å². The van der Waals surface area contributed by atoms with Gasteiger partial charge in [0.1, 0.15) is 0 Å². The van der Waals surface area contributed by atoms with E-state index in [-0.39, 0.29) is 11.1 Å². The Hall–Kier alpha value is -4.84. The number of piperidine rings is 1. The van der Waals surface area contributed by atoms with Crippen LogP contribution >= 0.6 is 23.2 Å². The van der Waals surface area contributed by atoms with Gasteiger partial charge in [-0.05, 0) is 114 Å². The van der Waals surface area contributed by atoms with Crippen LogP contribution in [0.3, 0.4) is 0 Å². The second-order valence-corrected chi connectivity index (χ2v) is 16.8. The van der Waals surface area contributed by atoms with Gasteiger partial charge in [-0.2, -0.15) is 10.2 Å². The molecule has 2 saturated heterocycles. The molecule has 0 aliphatic carbocycles. The first-order valence-electron chi connectivity index (χ1n) is 21.4. The number of nitrogens with zero attached hydrogens (tertiary/aromatic N) is 6.